The van der Waals surface area contributed by atoms with Gasteiger partial charge in [0.15, 0.2) is 11.6 Å². The van der Waals surface area contributed by atoms with Crippen LogP contribution in [0, 0.1) is 6.92 Å². The zero-order valence-corrected chi connectivity index (χ0v) is 14.8. The first-order valence-electron chi connectivity index (χ1n) is 8.81. The monoisotopic (exact) mass is 350 g/mol. The molecule has 2 aromatic carbocycles. The number of phenolic OH excluding ortho intramolecular Hbond substituents is 1. The van der Waals surface area contributed by atoms with Gasteiger partial charge in [-0.3, -0.25) is 4.90 Å². The van der Waals surface area contributed by atoms with Crippen molar-refractivity contribution in [3.8, 4) is 22.8 Å². The molecule has 6 heteroatoms. The first-order valence-corrected chi connectivity index (χ1v) is 8.81. The summed E-state index contributed by atoms with van der Waals surface area (Å²) in [5.41, 5.74) is 2.99. The molecule has 0 radical (unpaired) electrons. The van der Waals surface area contributed by atoms with Crippen LogP contribution in [0.2, 0.25) is 0 Å². The summed E-state index contributed by atoms with van der Waals surface area (Å²) < 4.78 is 7.27. The standard InChI is InChI=1S/C20H22N4O2/c1-15-5-7-17(8-6-15)24-20(16-3-2-4-18(25)13-16)21-19(22-24)14-23-9-11-26-12-10-23/h2-8,13,25H,9-12,14H2,1H3. The number of hydrogen-bond acceptors (Lipinski definition) is 5. The van der Waals surface area contributed by atoms with E-state index in [2.05, 4.69) is 24.0 Å². The largest absolute Gasteiger partial charge is 0.508 e. The smallest absolute Gasteiger partial charge is 0.165 e. The van der Waals surface area contributed by atoms with Crippen molar-refractivity contribution in [2.45, 2.75) is 13.5 Å². The number of benzene rings is 2. The summed E-state index contributed by atoms with van der Waals surface area (Å²) in [7, 11) is 0. The predicted octanol–water partition coefficient (Wildman–Crippen LogP) is 2.78. The van der Waals surface area contributed by atoms with Crippen LogP contribution in [0.15, 0.2) is 48.5 Å². The summed E-state index contributed by atoms with van der Waals surface area (Å²) in [4.78, 5) is 7.07. The lowest BCUT2D eigenvalue weighted by Gasteiger charge is -2.25. The van der Waals surface area contributed by atoms with Crippen molar-refractivity contribution in [2.75, 3.05) is 26.3 Å². The second-order valence-electron chi connectivity index (χ2n) is 6.54. The Kier molecular flexibility index (Phi) is 4.69. The van der Waals surface area contributed by atoms with E-state index in [4.69, 9.17) is 14.8 Å². The summed E-state index contributed by atoms with van der Waals surface area (Å²) in [5.74, 6) is 1.72. The van der Waals surface area contributed by atoms with Crippen LogP contribution in [0.4, 0.5) is 0 Å². The summed E-state index contributed by atoms with van der Waals surface area (Å²) in [6, 6.07) is 15.3. The molecular weight excluding hydrogens is 328 g/mol. The normalized spacial score (nSPS) is 15.3. The molecule has 0 bridgehead atoms. The average Bonchev–Trinajstić information content (AvgIpc) is 3.07. The Morgan fingerprint density at radius 3 is 2.58 bits per heavy atom. The number of aromatic hydroxyl groups is 1. The molecule has 1 aliphatic rings. The van der Waals surface area contributed by atoms with Crippen molar-refractivity contribution >= 4 is 0 Å². The van der Waals surface area contributed by atoms with Gasteiger partial charge >= 0.3 is 0 Å². The minimum Gasteiger partial charge on any atom is -0.508 e. The van der Waals surface area contributed by atoms with Gasteiger partial charge in [-0.2, -0.15) is 0 Å². The van der Waals surface area contributed by atoms with Crippen molar-refractivity contribution in [1.82, 2.24) is 19.7 Å². The SMILES string of the molecule is Cc1ccc(-n2nc(CN3CCOCC3)nc2-c2cccc(O)c2)cc1. The van der Waals surface area contributed by atoms with Crippen LogP contribution < -0.4 is 0 Å². The molecule has 0 amide bonds. The maximum atomic E-state index is 9.86. The Hall–Kier alpha value is -2.70. The second kappa shape index (κ2) is 7.27. The third-order valence-corrected chi connectivity index (χ3v) is 4.50. The van der Waals surface area contributed by atoms with Crippen LogP contribution >= 0.6 is 0 Å². The maximum Gasteiger partial charge on any atom is 0.165 e. The third kappa shape index (κ3) is 3.61. The maximum absolute atomic E-state index is 9.86. The third-order valence-electron chi connectivity index (χ3n) is 4.50. The minimum absolute atomic E-state index is 0.218. The molecule has 0 saturated carbocycles. The molecule has 0 unspecified atom stereocenters. The fraction of sp³-hybridized carbons (Fsp3) is 0.300. The lowest BCUT2D eigenvalue weighted by Crippen LogP contribution is -2.36. The highest BCUT2D eigenvalue weighted by atomic mass is 16.5. The van der Waals surface area contributed by atoms with Gasteiger partial charge < -0.3 is 9.84 Å². The number of ether oxygens (including phenoxy) is 1. The fourth-order valence-electron chi connectivity index (χ4n) is 3.08. The van der Waals surface area contributed by atoms with E-state index in [1.54, 1.807) is 12.1 Å². The van der Waals surface area contributed by atoms with Gasteiger partial charge in [-0.05, 0) is 31.2 Å². The first-order chi connectivity index (χ1) is 12.7. The van der Waals surface area contributed by atoms with E-state index in [0.717, 1.165) is 49.2 Å². The summed E-state index contributed by atoms with van der Waals surface area (Å²) >= 11 is 0. The molecule has 26 heavy (non-hydrogen) atoms. The molecule has 0 aliphatic carbocycles. The number of aromatic nitrogens is 3. The summed E-state index contributed by atoms with van der Waals surface area (Å²) in [6.45, 7) is 6.02. The highest BCUT2D eigenvalue weighted by molar-refractivity contribution is 5.60. The van der Waals surface area contributed by atoms with E-state index in [1.165, 1.54) is 5.56 Å². The van der Waals surface area contributed by atoms with Gasteiger partial charge in [-0.1, -0.05) is 29.8 Å². The Morgan fingerprint density at radius 2 is 1.85 bits per heavy atom. The van der Waals surface area contributed by atoms with E-state index in [-0.39, 0.29) is 5.75 Å². The van der Waals surface area contributed by atoms with Crippen LogP contribution in [0.5, 0.6) is 5.75 Å². The van der Waals surface area contributed by atoms with Crippen LogP contribution in [0.1, 0.15) is 11.4 Å². The second-order valence-corrected chi connectivity index (χ2v) is 6.54. The number of hydrogen-bond donors (Lipinski definition) is 1. The van der Waals surface area contributed by atoms with Crippen LogP contribution in [0.25, 0.3) is 17.1 Å². The van der Waals surface area contributed by atoms with Crippen molar-refractivity contribution in [3.63, 3.8) is 0 Å². The summed E-state index contributed by atoms with van der Waals surface area (Å²) in [6.07, 6.45) is 0. The molecule has 1 saturated heterocycles. The Balaban J connectivity index is 1.73. The molecule has 1 aliphatic heterocycles. The first kappa shape index (κ1) is 16.8. The fourth-order valence-corrected chi connectivity index (χ4v) is 3.08. The van der Waals surface area contributed by atoms with Crippen molar-refractivity contribution in [3.05, 3.63) is 59.9 Å². The number of aryl methyl sites for hydroxylation is 1. The van der Waals surface area contributed by atoms with E-state index in [9.17, 15) is 5.11 Å². The Morgan fingerprint density at radius 1 is 1.08 bits per heavy atom. The Labute approximate surface area is 152 Å². The molecule has 4 rings (SSSR count). The topological polar surface area (TPSA) is 63.4 Å². The molecule has 0 atom stereocenters. The molecule has 6 nitrogen and oxygen atoms in total. The molecular formula is C20H22N4O2. The molecule has 1 fully saturated rings. The van der Waals surface area contributed by atoms with E-state index in [0.29, 0.717) is 6.54 Å². The van der Waals surface area contributed by atoms with Crippen LogP contribution in [0.3, 0.4) is 0 Å². The predicted molar refractivity (Wildman–Crippen MR) is 99.3 cm³/mol. The molecule has 134 valence electrons. The average molecular weight is 350 g/mol. The number of phenols is 1. The highest BCUT2D eigenvalue weighted by Gasteiger charge is 2.18. The van der Waals surface area contributed by atoms with Crippen LogP contribution in [-0.4, -0.2) is 51.1 Å². The molecule has 1 N–H and O–H groups in total. The van der Waals surface area contributed by atoms with E-state index in [1.807, 2.05) is 28.9 Å². The lowest BCUT2D eigenvalue weighted by molar-refractivity contribution is 0.0331. The summed E-state index contributed by atoms with van der Waals surface area (Å²) in [5, 5.41) is 14.6. The van der Waals surface area contributed by atoms with Gasteiger partial charge in [0, 0.05) is 18.7 Å². The van der Waals surface area contributed by atoms with Gasteiger partial charge in [0.05, 0.1) is 25.4 Å². The van der Waals surface area contributed by atoms with E-state index < -0.39 is 0 Å². The number of rotatable bonds is 4. The molecule has 0 spiro atoms. The lowest BCUT2D eigenvalue weighted by atomic mass is 10.2. The van der Waals surface area contributed by atoms with Gasteiger partial charge in [0.1, 0.15) is 5.75 Å². The Bertz CT molecular complexity index is 883. The minimum atomic E-state index is 0.218. The van der Waals surface area contributed by atoms with Gasteiger partial charge in [0.25, 0.3) is 0 Å². The van der Waals surface area contributed by atoms with Crippen molar-refractivity contribution in [2.24, 2.45) is 0 Å². The molecule has 2 heterocycles. The van der Waals surface area contributed by atoms with Gasteiger partial charge in [0.2, 0.25) is 0 Å². The zero-order chi connectivity index (χ0) is 17.9. The van der Waals surface area contributed by atoms with Crippen molar-refractivity contribution < 1.29 is 9.84 Å². The zero-order valence-electron chi connectivity index (χ0n) is 14.8. The van der Waals surface area contributed by atoms with Gasteiger partial charge in [-0.15, -0.1) is 5.10 Å². The number of nitrogens with zero attached hydrogens (tertiary/aromatic N) is 4. The number of morpholine rings is 1. The van der Waals surface area contributed by atoms with E-state index >= 15 is 0 Å². The van der Waals surface area contributed by atoms with Crippen molar-refractivity contribution in [1.29, 1.82) is 0 Å². The molecule has 3 aromatic rings. The quantitative estimate of drug-likeness (QED) is 0.784. The van der Waals surface area contributed by atoms with Gasteiger partial charge in [-0.25, -0.2) is 9.67 Å². The van der Waals surface area contributed by atoms with Crippen LogP contribution in [-0.2, 0) is 11.3 Å². The molecule has 1 aromatic heterocycles. The highest BCUT2D eigenvalue weighted by Crippen LogP contribution is 2.25.